The summed E-state index contributed by atoms with van der Waals surface area (Å²) in [4.78, 5) is 33.8. The van der Waals surface area contributed by atoms with Crippen LogP contribution in [-0.2, 0) is 11.3 Å². The molecule has 2 heterocycles. The fourth-order valence-electron chi connectivity index (χ4n) is 5.19. The molecule has 0 radical (unpaired) electrons. The summed E-state index contributed by atoms with van der Waals surface area (Å²) in [6.07, 6.45) is 7.70. The molecule has 5 rings (SSSR count). The van der Waals surface area contributed by atoms with Gasteiger partial charge in [0.1, 0.15) is 17.4 Å². The summed E-state index contributed by atoms with van der Waals surface area (Å²) in [5.74, 6) is 1.28. The lowest BCUT2D eigenvalue weighted by Crippen LogP contribution is -2.37. The Balaban J connectivity index is 1.57. The SMILES string of the molecule is CC(c1nc2ccccc2c(=O)n1-c1ccc(F)cc1)N(Cc1ccco1)C(=O)CCC1CCCC1. The van der Waals surface area contributed by atoms with Crippen LogP contribution in [0, 0.1) is 11.7 Å². The highest BCUT2D eigenvalue weighted by atomic mass is 19.1. The lowest BCUT2D eigenvalue weighted by Gasteiger charge is -2.30. The first-order valence-electron chi connectivity index (χ1n) is 12.6. The maximum Gasteiger partial charge on any atom is 0.266 e. The fourth-order valence-corrected chi connectivity index (χ4v) is 5.19. The topological polar surface area (TPSA) is 68.3 Å². The predicted molar refractivity (Wildman–Crippen MR) is 136 cm³/mol. The van der Waals surface area contributed by atoms with Crippen molar-refractivity contribution in [2.24, 2.45) is 5.92 Å². The zero-order valence-corrected chi connectivity index (χ0v) is 20.4. The van der Waals surface area contributed by atoms with Gasteiger partial charge in [0.05, 0.1) is 35.4 Å². The van der Waals surface area contributed by atoms with Crippen molar-refractivity contribution in [1.29, 1.82) is 0 Å². The molecule has 2 aromatic heterocycles. The minimum Gasteiger partial charge on any atom is -0.467 e. The monoisotopic (exact) mass is 487 g/mol. The van der Waals surface area contributed by atoms with Gasteiger partial charge in [0.2, 0.25) is 5.91 Å². The Morgan fingerprint density at radius 2 is 1.86 bits per heavy atom. The van der Waals surface area contributed by atoms with Crippen LogP contribution in [0.1, 0.15) is 63.1 Å². The molecule has 7 heteroatoms. The molecule has 0 saturated heterocycles. The van der Waals surface area contributed by atoms with Crippen molar-refractivity contribution >= 4 is 16.8 Å². The number of furan rings is 1. The van der Waals surface area contributed by atoms with Crippen molar-refractivity contribution in [3.05, 3.63) is 94.7 Å². The summed E-state index contributed by atoms with van der Waals surface area (Å²) >= 11 is 0. The smallest absolute Gasteiger partial charge is 0.266 e. The Hall–Kier alpha value is -3.74. The highest BCUT2D eigenvalue weighted by Crippen LogP contribution is 2.30. The van der Waals surface area contributed by atoms with Crippen LogP contribution in [0.3, 0.4) is 0 Å². The second-order valence-corrected chi connectivity index (χ2v) is 9.57. The van der Waals surface area contributed by atoms with E-state index < -0.39 is 11.9 Å². The number of hydrogen-bond acceptors (Lipinski definition) is 4. The van der Waals surface area contributed by atoms with Gasteiger partial charge in [0.15, 0.2) is 0 Å². The van der Waals surface area contributed by atoms with Gasteiger partial charge in [0, 0.05) is 6.42 Å². The van der Waals surface area contributed by atoms with E-state index in [4.69, 9.17) is 9.40 Å². The molecule has 0 aliphatic heterocycles. The number of carbonyl (C=O) groups is 1. The highest BCUT2D eigenvalue weighted by Gasteiger charge is 2.28. The molecule has 1 aliphatic carbocycles. The van der Waals surface area contributed by atoms with Gasteiger partial charge in [-0.2, -0.15) is 0 Å². The first-order valence-corrected chi connectivity index (χ1v) is 12.6. The molecule has 1 aliphatic rings. The van der Waals surface area contributed by atoms with E-state index in [0.717, 1.165) is 6.42 Å². The molecule has 1 amide bonds. The van der Waals surface area contributed by atoms with Crippen LogP contribution in [0.15, 0.2) is 76.1 Å². The second kappa shape index (κ2) is 10.5. The number of benzene rings is 2. The third-order valence-electron chi connectivity index (χ3n) is 7.20. The number of halogens is 1. The van der Waals surface area contributed by atoms with Gasteiger partial charge < -0.3 is 9.32 Å². The Morgan fingerprint density at radius 1 is 1.11 bits per heavy atom. The molecule has 1 saturated carbocycles. The van der Waals surface area contributed by atoms with Crippen LogP contribution in [0.5, 0.6) is 0 Å². The van der Waals surface area contributed by atoms with Crippen molar-refractivity contribution in [3.8, 4) is 5.69 Å². The average molecular weight is 488 g/mol. The third kappa shape index (κ3) is 4.96. The maximum atomic E-state index is 13.7. The Morgan fingerprint density at radius 3 is 2.58 bits per heavy atom. The first kappa shape index (κ1) is 24.0. The van der Waals surface area contributed by atoms with E-state index in [0.29, 0.717) is 40.5 Å². The second-order valence-electron chi connectivity index (χ2n) is 9.57. The normalized spacial score (nSPS) is 14.8. The lowest BCUT2D eigenvalue weighted by molar-refractivity contribution is -0.135. The number of hydrogen-bond donors (Lipinski definition) is 0. The average Bonchev–Trinajstić information content (AvgIpc) is 3.61. The zero-order valence-electron chi connectivity index (χ0n) is 20.4. The van der Waals surface area contributed by atoms with Crippen molar-refractivity contribution in [2.75, 3.05) is 0 Å². The standard InChI is InChI=1S/C29H30FN3O3/c1-20(32(19-24-9-6-18-36-24)27(34)17-12-21-7-2-3-8-21)28-31-26-11-5-4-10-25(26)29(35)33(28)23-15-13-22(30)14-16-23/h4-6,9-11,13-16,18,20-21H,2-3,7-8,12,17,19H2,1H3. The van der Waals surface area contributed by atoms with E-state index in [9.17, 15) is 14.0 Å². The van der Waals surface area contributed by atoms with E-state index in [2.05, 4.69) is 0 Å². The molecule has 0 spiro atoms. The van der Waals surface area contributed by atoms with Gasteiger partial charge >= 0.3 is 0 Å². The van der Waals surface area contributed by atoms with Gasteiger partial charge in [-0.3, -0.25) is 14.2 Å². The molecule has 36 heavy (non-hydrogen) atoms. The summed E-state index contributed by atoms with van der Waals surface area (Å²) in [6, 6.07) is 16.0. The number of carbonyl (C=O) groups excluding carboxylic acids is 1. The van der Waals surface area contributed by atoms with Crippen LogP contribution in [0.25, 0.3) is 16.6 Å². The van der Waals surface area contributed by atoms with Gasteiger partial charge in [-0.1, -0.05) is 37.8 Å². The van der Waals surface area contributed by atoms with Crippen LogP contribution in [-0.4, -0.2) is 20.4 Å². The zero-order chi connectivity index (χ0) is 25.1. The van der Waals surface area contributed by atoms with Crippen molar-refractivity contribution in [1.82, 2.24) is 14.5 Å². The predicted octanol–water partition coefficient (Wildman–Crippen LogP) is 6.18. The molecule has 1 fully saturated rings. The van der Waals surface area contributed by atoms with E-state index in [1.54, 1.807) is 47.6 Å². The van der Waals surface area contributed by atoms with Crippen LogP contribution in [0.2, 0.25) is 0 Å². The van der Waals surface area contributed by atoms with Gasteiger partial charge in [0.25, 0.3) is 5.56 Å². The number of rotatable bonds is 8. The molecule has 0 bridgehead atoms. The molecule has 6 nitrogen and oxygen atoms in total. The van der Waals surface area contributed by atoms with E-state index in [-0.39, 0.29) is 18.0 Å². The first-order chi connectivity index (χ1) is 17.5. The Labute approximate surface area is 209 Å². The van der Waals surface area contributed by atoms with Gasteiger partial charge in [-0.15, -0.1) is 0 Å². The summed E-state index contributed by atoms with van der Waals surface area (Å²) in [6.45, 7) is 2.15. The number of para-hydroxylation sites is 1. The summed E-state index contributed by atoms with van der Waals surface area (Å²) in [5, 5.41) is 0.461. The third-order valence-corrected chi connectivity index (χ3v) is 7.20. The Kier molecular flexibility index (Phi) is 6.98. The van der Waals surface area contributed by atoms with Crippen molar-refractivity contribution < 1.29 is 13.6 Å². The van der Waals surface area contributed by atoms with Crippen LogP contribution >= 0.6 is 0 Å². The van der Waals surface area contributed by atoms with Crippen LogP contribution in [0.4, 0.5) is 4.39 Å². The molecule has 4 aromatic rings. The minimum absolute atomic E-state index is 0.00105. The van der Waals surface area contributed by atoms with E-state index in [1.807, 2.05) is 19.1 Å². The van der Waals surface area contributed by atoms with Gasteiger partial charge in [-0.25, -0.2) is 9.37 Å². The molecule has 1 unspecified atom stereocenters. The summed E-state index contributed by atoms with van der Waals surface area (Å²) in [7, 11) is 0. The highest BCUT2D eigenvalue weighted by molar-refractivity contribution is 5.79. The lowest BCUT2D eigenvalue weighted by atomic mass is 10.0. The van der Waals surface area contributed by atoms with Crippen molar-refractivity contribution in [2.45, 2.75) is 58.0 Å². The summed E-state index contributed by atoms with van der Waals surface area (Å²) in [5.41, 5.74) is 0.794. The quantitative estimate of drug-likeness (QED) is 0.298. The number of nitrogens with zero attached hydrogens (tertiary/aromatic N) is 3. The minimum atomic E-state index is -0.534. The van der Waals surface area contributed by atoms with Crippen LogP contribution < -0.4 is 5.56 Å². The fraction of sp³-hybridized carbons (Fsp3) is 0.345. The Bertz CT molecular complexity index is 1390. The summed E-state index contributed by atoms with van der Waals surface area (Å²) < 4.78 is 20.8. The molecular formula is C29H30FN3O3. The number of fused-ring (bicyclic) bond motifs is 1. The number of aromatic nitrogens is 2. The largest absolute Gasteiger partial charge is 0.467 e. The molecule has 186 valence electrons. The van der Waals surface area contributed by atoms with E-state index >= 15 is 0 Å². The maximum absolute atomic E-state index is 13.7. The van der Waals surface area contributed by atoms with Crippen molar-refractivity contribution in [3.63, 3.8) is 0 Å². The molecular weight excluding hydrogens is 457 g/mol. The van der Waals surface area contributed by atoms with E-state index in [1.165, 1.54) is 42.4 Å². The molecule has 0 N–H and O–H groups in total. The van der Waals surface area contributed by atoms with Gasteiger partial charge in [-0.05, 0) is 67.8 Å². The number of amides is 1. The molecule has 2 aromatic carbocycles. The molecule has 1 atom stereocenters.